The summed E-state index contributed by atoms with van der Waals surface area (Å²) in [5.74, 6) is 0.348. The molecule has 28 heavy (non-hydrogen) atoms. The lowest BCUT2D eigenvalue weighted by Gasteiger charge is -2.36. The second-order valence-electron chi connectivity index (χ2n) is 6.69. The number of amides is 1. The van der Waals surface area contributed by atoms with Crippen molar-refractivity contribution in [3.63, 3.8) is 0 Å². The van der Waals surface area contributed by atoms with Gasteiger partial charge in [-0.3, -0.25) is 4.79 Å². The summed E-state index contributed by atoms with van der Waals surface area (Å²) in [5, 5.41) is 13.1. The van der Waals surface area contributed by atoms with Gasteiger partial charge in [0.2, 0.25) is 5.91 Å². The van der Waals surface area contributed by atoms with E-state index < -0.39 is 0 Å². The third kappa shape index (κ3) is 4.13. The van der Waals surface area contributed by atoms with Crippen molar-refractivity contribution in [3.05, 3.63) is 64.6 Å². The van der Waals surface area contributed by atoms with Gasteiger partial charge in [0.25, 0.3) is 0 Å². The summed E-state index contributed by atoms with van der Waals surface area (Å²) >= 11 is 7.75. The molecule has 1 N–H and O–H groups in total. The average molecular weight is 414 g/mol. The van der Waals surface area contributed by atoms with E-state index in [9.17, 15) is 9.90 Å². The predicted molar refractivity (Wildman–Crippen MR) is 113 cm³/mol. The van der Waals surface area contributed by atoms with Crippen LogP contribution in [0, 0.1) is 0 Å². The number of phenolic OH excluding ortho intramolecular Hbond substituents is 1. The summed E-state index contributed by atoms with van der Waals surface area (Å²) in [4.78, 5) is 21.3. The van der Waals surface area contributed by atoms with Crippen LogP contribution in [0.4, 0.5) is 5.69 Å². The van der Waals surface area contributed by atoms with Crippen molar-refractivity contribution in [2.45, 2.75) is 6.42 Å². The van der Waals surface area contributed by atoms with E-state index >= 15 is 0 Å². The second-order valence-corrected chi connectivity index (χ2v) is 7.95. The summed E-state index contributed by atoms with van der Waals surface area (Å²) in [6.45, 7) is 2.82. The number of hydrogen-bond donors (Lipinski definition) is 1. The van der Waals surface area contributed by atoms with Crippen LogP contribution in [0.25, 0.3) is 10.6 Å². The van der Waals surface area contributed by atoms with Gasteiger partial charge in [0.15, 0.2) is 0 Å². The van der Waals surface area contributed by atoms with Crippen LogP contribution in [-0.4, -0.2) is 47.1 Å². The first-order valence-electron chi connectivity index (χ1n) is 9.11. The topological polar surface area (TPSA) is 56.7 Å². The zero-order chi connectivity index (χ0) is 19.5. The number of phenols is 1. The molecule has 1 aliphatic rings. The highest BCUT2D eigenvalue weighted by atomic mass is 35.5. The standard InChI is InChI=1S/C21H20ClN3O2S/c22-19-7-2-1-6-18(19)21-23-15(14-28-21)12-20(27)25-10-8-24(9-11-25)16-4-3-5-17(26)13-16/h1-7,13-14,26H,8-12H2. The molecule has 0 unspecified atom stereocenters. The summed E-state index contributed by atoms with van der Waals surface area (Å²) in [6, 6.07) is 14.8. The van der Waals surface area contributed by atoms with Crippen LogP contribution in [-0.2, 0) is 11.2 Å². The molecule has 7 heteroatoms. The number of thiazole rings is 1. The Morgan fingerprint density at radius 2 is 1.89 bits per heavy atom. The first-order chi connectivity index (χ1) is 13.6. The number of aromatic nitrogens is 1. The molecule has 1 amide bonds. The quantitative estimate of drug-likeness (QED) is 0.700. The van der Waals surface area contributed by atoms with Gasteiger partial charge in [0.05, 0.1) is 17.1 Å². The SMILES string of the molecule is O=C(Cc1csc(-c2ccccc2Cl)n1)N1CCN(c2cccc(O)c2)CC1. The maximum Gasteiger partial charge on any atom is 0.228 e. The third-order valence-corrected chi connectivity index (χ3v) is 6.07. The molecule has 144 valence electrons. The number of anilines is 1. The number of benzene rings is 2. The van der Waals surface area contributed by atoms with E-state index in [1.165, 1.54) is 11.3 Å². The molecule has 1 aromatic heterocycles. The van der Waals surface area contributed by atoms with E-state index in [4.69, 9.17) is 11.6 Å². The number of nitrogens with zero attached hydrogens (tertiary/aromatic N) is 3. The van der Waals surface area contributed by atoms with Crippen molar-refractivity contribution in [2.75, 3.05) is 31.1 Å². The fourth-order valence-electron chi connectivity index (χ4n) is 3.32. The van der Waals surface area contributed by atoms with Crippen LogP contribution in [0.2, 0.25) is 5.02 Å². The normalized spacial score (nSPS) is 14.3. The monoisotopic (exact) mass is 413 g/mol. The molecular formula is C21H20ClN3O2S. The van der Waals surface area contributed by atoms with Crippen molar-refractivity contribution in [1.29, 1.82) is 0 Å². The van der Waals surface area contributed by atoms with Gasteiger partial charge in [-0.2, -0.15) is 0 Å². The number of carbonyl (C=O) groups is 1. The Labute approximate surface area is 172 Å². The van der Waals surface area contributed by atoms with Gasteiger partial charge in [-0.25, -0.2) is 4.98 Å². The molecule has 2 aromatic carbocycles. The fraction of sp³-hybridized carbons (Fsp3) is 0.238. The molecule has 2 heterocycles. The number of halogens is 1. The van der Waals surface area contributed by atoms with Crippen LogP contribution < -0.4 is 4.90 Å². The Morgan fingerprint density at radius 3 is 2.64 bits per heavy atom. The molecule has 1 fully saturated rings. The predicted octanol–water partition coefficient (Wildman–Crippen LogP) is 4.06. The lowest BCUT2D eigenvalue weighted by Crippen LogP contribution is -2.49. The smallest absolute Gasteiger partial charge is 0.228 e. The van der Waals surface area contributed by atoms with Crippen LogP contribution >= 0.6 is 22.9 Å². The zero-order valence-electron chi connectivity index (χ0n) is 15.2. The molecule has 0 spiro atoms. The van der Waals surface area contributed by atoms with Crippen LogP contribution in [0.1, 0.15) is 5.69 Å². The Hall–Kier alpha value is -2.57. The average Bonchev–Trinajstić information content (AvgIpc) is 3.16. The summed E-state index contributed by atoms with van der Waals surface area (Å²) in [5.41, 5.74) is 2.66. The molecule has 0 atom stereocenters. The van der Waals surface area contributed by atoms with Crippen molar-refractivity contribution in [1.82, 2.24) is 9.88 Å². The maximum absolute atomic E-state index is 12.7. The van der Waals surface area contributed by atoms with E-state index in [1.807, 2.05) is 46.7 Å². The number of carbonyl (C=O) groups excluding carboxylic acids is 1. The van der Waals surface area contributed by atoms with Gasteiger partial charge in [-0.05, 0) is 18.2 Å². The molecule has 4 rings (SSSR count). The van der Waals surface area contributed by atoms with Gasteiger partial charge in [-0.15, -0.1) is 11.3 Å². The highest BCUT2D eigenvalue weighted by Gasteiger charge is 2.22. The van der Waals surface area contributed by atoms with Crippen LogP contribution in [0.15, 0.2) is 53.9 Å². The van der Waals surface area contributed by atoms with E-state index in [2.05, 4.69) is 9.88 Å². The minimum absolute atomic E-state index is 0.0894. The summed E-state index contributed by atoms with van der Waals surface area (Å²) in [6.07, 6.45) is 0.299. The largest absolute Gasteiger partial charge is 0.508 e. The van der Waals surface area contributed by atoms with Crippen molar-refractivity contribution in [2.24, 2.45) is 0 Å². The number of aromatic hydroxyl groups is 1. The number of rotatable bonds is 4. The Balaban J connectivity index is 1.36. The molecule has 1 saturated heterocycles. The molecule has 3 aromatic rings. The molecule has 0 aliphatic carbocycles. The third-order valence-electron chi connectivity index (χ3n) is 4.82. The van der Waals surface area contributed by atoms with Crippen LogP contribution in [0.3, 0.4) is 0 Å². The number of piperazine rings is 1. The minimum atomic E-state index is 0.0894. The first-order valence-corrected chi connectivity index (χ1v) is 10.4. The molecule has 0 bridgehead atoms. The molecular weight excluding hydrogens is 394 g/mol. The highest BCUT2D eigenvalue weighted by molar-refractivity contribution is 7.13. The highest BCUT2D eigenvalue weighted by Crippen LogP contribution is 2.30. The minimum Gasteiger partial charge on any atom is -0.508 e. The second kappa shape index (κ2) is 8.20. The van der Waals surface area contributed by atoms with Gasteiger partial charge in [0, 0.05) is 48.9 Å². The van der Waals surface area contributed by atoms with E-state index in [-0.39, 0.29) is 11.7 Å². The van der Waals surface area contributed by atoms with Gasteiger partial charge in [-0.1, -0.05) is 35.9 Å². The van der Waals surface area contributed by atoms with E-state index in [1.54, 1.807) is 12.1 Å². The molecule has 0 saturated carbocycles. The molecule has 0 radical (unpaired) electrons. The lowest BCUT2D eigenvalue weighted by molar-refractivity contribution is -0.130. The van der Waals surface area contributed by atoms with Gasteiger partial charge in [0.1, 0.15) is 10.8 Å². The van der Waals surface area contributed by atoms with Crippen LogP contribution in [0.5, 0.6) is 5.75 Å². The molecule has 5 nitrogen and oxygen atoms in total. The van der Waals surface area contributed by atoms with Gasteiger partial charge >= 0.3 is 0 Å². The number of hydrogen-bond acceptors (Lipinski definition) is 5. The van der Waals surface area contributed by atoms with Gasteiger partial charge < -0.3 is 14.9 Å². The fourth-order valence-corrected chi connectivity index (χ4v) is 4.46. The van der Waals surface area contributed by atoms with E-state index in [0.29, 0.717) is 24.5 Å². The Morgan fingerprint density at radius 1 is 1.11 bits per heavy atom. The summed E-state index contributed by atoms with van der Waals surface area (Å²) in [7, 11) is 0. The van der Waals surface area contributed by atoms with Crippen molar-refractivity contribution < 1.29 is 9.90 Å². The molecule has 1 aliphatic heterocycles. The maximum atomic E-state index is 12.7. The Bertz CT molecular complexity index is 983. The Kier molecular flexibility index (Phi) is 5.50. The van der Waals surface area contributed by atoms with Crippen molar-refractivity contribution >= 4 is 34.5 Å². The van der Waals surface area contributed by atoms with E-state index in [0.717, 1.165) is 35.0 Å². The lowest BCUT2D eigenvalue weighted by atomic mass is 10.2. The zero-order valence-corrected chi connectivity index (χ0v) is 16.8. The van der Waals surface area contributed by atoms with Crippen molar-refractivity contribution in [3.8, 4) is 16.3 Å². The first kappa shape index (κ1) is 18.8. The summed E-state index contributed by atoms with van der Waals surface area (Å²) < 4.78 is 0.